The molecular weight excluding hydrogens is 352 g/mol. The Balaban J connectivity index is 1.45. The molecule has 1 fully saturated rings. The molecule has 27 heavy (non-hydrogen) atoms. The third-order valence-electron chi connectivity index (χ3n) is 4.85. The molecule has 0 radical (unpaired) electrons. The molecule has 2 N–H and O–H groups in total. The number of pyridine rings is 1. The molecule has 7 heteroatoms. The summed E-state index contributed by atoms with van der Waals surface area (Å²) in [5.41, 5.74) is 1.17. The molecule has 1 heterocycles. The predicted octanol–water partition coefficient (Wildman–Crippen LogP) is 3.42. The minimum absolute atomic E-state index is 0.0154. The first-order valence-electron chi connectivity index (χ1n) is 8.95. The molecule has 1 saturated carbocycles. The van der Waals surface area contributed by atoms with Gasteiger partial charge in [-0.25, -0.2) is 8.78 Å². The molecule has 0 aliphatic heterocycles. The van der Waals surface area contributed by atoms with E-state index in [1.807, 2.05) is 12.1 Å². The quantitative estimate of drug-likeness (QED) is 0.844. The third kappa shape index (κ3) is 5.09. The predicted molar refractivity (Wildman–Crippen MR) is 96.5 cm³/mol. The van der Waals surface area contributed by atoms with Crippen LogP contribution < -0.4 is 10.6 Å². The topological polar surface area (TPSA) is 71.1 Å². The van der Waals surface area contributed by atoms with Gasteiger partial charge < -0.3 is 10.6 Å². The average Bonchev–Trinajstić information content (AvgIpc) is 2.70. The Morgan fingerprint density at radius 3 is 2.33 bits per heavy atom. The van der Waals surface area contributed by atoms with Crippen LogP contribution in [0.25, 0.3) is 0 Å². The highest BCUT2D eigenvalue weighted by Crippen LogP contribution is 2.30. The van der Waals surface area contributed by atoms with Crippen LogP contribution in [0, 0.1) is 23.5 Å². The Labute approximate surface area is 156 Å². The van der Waals surface area contributed by atoms with Gasteiger partial charge in [-0.15, -0.1) is 0 Å². The maximum absolute atomic E-state index is 13.2. The Kier molecular flexibility index (Phi) is 6.11. The van der Waals surface area contributed by atoms with Gasteiger partial charge in [0.25, 0.3) is 0 Å². The summed E-state index contributed by atoms with van der Waals surface area (Å²) in [5, 5.41) is 5.52. The van der Waals surface area contributed by atoms with E-state index >= 15 is 0 Å². The van der Waals surface area contributed by atoms with E-state index < -0.39 is 11.6 Å². The first kappa shape index (κ1) is 18.9. The van der Waals surface area contributed by atoms with Crippen molar-refractivity contribution in [3.05, 3.63) is 59.9 Å². The molecule has 2 aromatic rings. The van der Waals surface area contributed by atoms with Gasteiger partial charge in [0.2, 0.25) is 11.8 Å². The van der Waals surface area contributed by atoms with E-state index in [9.17, 15) is 18.4 Å². The summed E-state index contributed by atoms with van der Waals surface area (Å²) in [6.45, 7) is 0.434. The minimum atomic E-state index is -0.998. The molecule has 1 aliphatic carbocycles. The lowest BCUT2D eigenvalue weighted by Crippen LogP contribution is -2.35. The van der Waals surface area contributed by atoms with E-state index in [0.717, 1.165) is 17.7 Å². The molecule has 0 bridgehead atoms. The van der Waals surface area contributed by atoms with Gasteiger partial charge in [0.05, 0.1) is 0 Å². The fourth-order valence-corrected chi connectivity index (χ4v) is 3.27. The lowest BCUT2D eigenvalue weighted by atomic mass is 9.81. The second kappa shape index (κ2) is 8.70. The van der Waals surface area contributed by atoms with Gasteiger partial charge in [0.15, 0.2) is 11.6 Å². The van der Waals surface area contributed by atoms with Crippen molar-refractivity contribution in [2.45, 2.75) is 32.2 Å². The van der Waals surface area contributed by atoms with Crippen LogP contribution in [0.4, 0.5) is 14.5 Å². The van der Waals surface area contributed by atoms with Crippen molar-refractivity contribution in [1.82, 2.24) is 10.3 Å². The van der Waals surface area contributed by atoms with Crippen molar-refractivity contribution in [3.8, 4) is 0 Å². The maximum atomic E-state index is 13.2. The van der Waals surface area contributed by atoms with Gasteiger partial charge in [0.1, 0.15) is 0 Å². The van der Waals surface area contributed by atoms with Crippen LogP contribution in [0.15, 0.2) is 42.7 Å². The molecule has 5 nitrogen and oxygen atoms in total. The fraction of sp³-hybridized carbons (Fsp3) is 0.350. The van der Waals surface area contributed by atoms with E-state index in [4.69, 9.17) is 0 Å². The first-order valence-corrected chi connectivity index (χ1v) is 8.95. The van der Waals surface area contributed by atoms with Crippen LogP contribution >= 0.6 is 0 Å². The Morgan fingerprint density at radius 2 is 1.70 bits per heavy atom. The van der Waals surface area contributed by atoms with E-state index in [-0.39, 0.29) is 29.3 Å². The molecule has 0 saturated heterocycles. The zero-order valence-corrected chi connectivity index (χ0v) is 14.8. The zero-order chi connectivity index (χ0) is 19.2. The first-order chi connectivity index (χ1) is 13.0. The van der Waals surface area contributed by atoms with Gasteiger partial charge in [-0.2, -0.15) is 0 Å². The Bertz CT molecular complexity index is 806. The summed E-state index contributed by atoms with van der Waals surface area (Å²) >= 11 is 0. The number of carbonyl (C=O) groups is 2. The molecule has 1 aliphatic rings. The highest BCUT2D eigenvalue weighted by atomic mass is 19.2. The number of nitrogens with one attached hydrogen (secondary N) is 2. The van der Waals surface area contributed by atoms with Gasteiger partial charge in [-0.1, -0.05) is 6.07 Å². The van der Waals surface area contributed by atoms with E-state index in [1.165, 1.54) is 6.07 Å². The summed E-state index contributed by atoms with van der Waals surface area (Å²) in [6, 6.07) is 6.98. The smallest absolute Gasteiger partial charge is 0.227 e. The standard InChI is InChI=1S/C20H21F2N3O2/c21-17-8-7-16(10-18(17)22)25-20(27)15-5-3-14(4-6-15)19(26)24-12-13-2-1-9-23-11-13/h1-2,7-11,14-15H,3-6,12H2,(H,24,26)(H,25,27). The molecule has 0 atom stereocenters. The average molecular weight is 373 g/mol. The van der Waals surface area contributed by atoms with Crippen LogP contribution in [-0.4, -0.2) is 16.8 Å². The molecule has 3 rings (SSSR count). The fourth-order valence-electron chi connectivity index (χ4n) is 3.27. The second-order valence-electron chi connectivity index (χ2n) is 6.75. The van der Waals surface area contributed by atoms with Crippen LogP contribution in [0.5, 0.6) is 0 Å². The molecular formula is C20H21F2N3O2. The molecule has 0 spiro atoms. The molecule has 1 aromatic carbocycles. The summed E-state index contributed by atoms with van der Waals surface area (Å²) in [5.74, 6) is -2.55. The third-order valence-corrected chi connectivity index (χ3v) is 4.85. The highest BCUT2D eigenvalue weighted by Gasteiger charge is 2.30. The van der Waals surface area contributed by atoms with Gasteiger partial charge in [0, 0.05) is 42.5 Å². The number of carbonyl (C=O) groups excluding carboxylic acids is 2. The largest absolute Gasteiger partial charge is 0.352 e. The number of anilines is 1. The molecule has 2 amide bonds. The Hall–Kier alpha value is -2.83. The van der Waals surface area contributed by atoms with Gasteiger partial charge >= 0.3 is 0 Å². The normalized spacial score (nSPS) is 19.3. The highest BCUT2D eigenvalue weighted by molar-refractivity contribution is 5.92. The summed E-state index contributed by atoms with van der Waals surface area (Å²) in [4.78, 5) is 28.6. The lowest BCUT2D eigenvalue weighted by molar-refractivity contribution is -0.128. The van der Waals surface area contributed by atoms with Gasteiger partial charge in [-0.05, 0) is 49.4 Å². The molecule has 1 aromatic heterocycles. The number of hydrogen-bond acceptors (Lipinski definition) is 3. The van der Waals surface area contributed by atoms with Crippen molar-refractivity contribution in [3.63, 3.8) is 0 Å². The zero-order valence-electron chi connectivity index (χ0n) is 14.8. The van der Waals surface area contributed by atoms with Crippen molar-refractivity contribution >= 4 is 17.5 Å². The van der Waals surface area contributed by atoms with E-state index in [0.29, 0.717) is 32.2 Å². The summed E-state index contributed by atoms with van der Waals surface area (Å²) < 4.78 is 26.2. The van der Waals surface area contributed by atoms with Crippen LogP contribution in [0.2, 0.25) is 0 Å². The number of amides is 2. The minimum Gasteiger partial charge on any atom is -0.352 e. The monoisotopic (exact) mass is 373 g/mol. The van der Waals surface area contributed by atoms with Gasteiger partial charge in [-0.3, -0.25) is 14.6 Å². The lowest BCUT2D eigenvalue weighted by Gasteiger charge is -2.27. The number of hydrogen-bond donors (Lipinski definition) is 2. The number of halogens is 2. The molecule has 142 valence electrons. The van der Waals surface area contributed by atoms with Crippen molar-refractivity contribution in [2.75, 3.05) is 5.32 Å². The van der Waals surface area contributed by atoms with Crippen molar-refractivity contribution < 1.29 is 18.4 Å². The van der Waals surface area contributed by atoms with Crippen LogP contribution in [-0.2, 0) is 16.1 Å². The number of nitrogens with zero attached hydrogens (tertiary/aromatic N) is 1. The number of rotatable bonds is 5. The SMILES string of the molecule is O=C(NCc1cccnc1)C1CCC(C(=O)Nc2ccc(F)c(F)c2)CC1. The molecule has 0 unspecified atom stereocenters. The van der Waals surface area contributed by atoms with E-state index in [1.54, 1.807) is 12.4 Å². The summed E-state index contributed by atoms with van der Waals surface area (Å²) in [7, 11) is 0. The Morgan fingerprint density at radius 1 is 1.00 bits per heavy atom. The number of aromatic nitrogens is 1. The second-order valence-corrected chi connectivity index (χ2v) is 6.75. The summed E-state index contributed by atoms with van der Waals surface area (Å²) in [6.07, 6.45) is 5.79. The van der Waals surface area contributed by atoms with E-state index in [2.05, 4.69) is 15.6 Å². The maximum Gasteiger partial charge on any atom is 0.227 e. The van der Waals surface area contributed by atoms with Crippen LogP contribution in [0.3, 0.4) is 0 Å². The number of benzene rings is 1. The van der Waals surface area contributed by atoms with Crippen molar-refractivity contribution in [2.24, 2.45) is 11.8 Å². The van der Waals surface area contributed by atoms with Crippen molar-refractivity contribution in [1.29, 1.82) is 0 Å². The van der Waals surface area contributed by atoms with Crippen LogP contribution in [0.1, 0.15) is 31.2 Å².